The lowest BCUT2D eigenvalue weighted by Crippen LogP contribution is -2.63. The molecule has 0 radical (unpaired) electrons. The second kappa shape index (κ2) is 22.5. The van der Waals surface area contributed by atoms with Crippen molar-refractivity contribution in [1.29, 1.82) is 0 Å². The quantitative estimate of drug-likeness (QED) is 0.0404. The van der Waals surface area contributed by atoms with Crippen LogP contribution in [0.3, 0.4) is 0 Å². The zero-order chi connectivity index (χ0) is 55.6. The van der Waals surface area contributed by atoms with Crippen LogP contribution in [0.4, 0.5) is 41.9 Å². The van der Waals surface area contributed by atoms with Crippen LogP contribution in [0.1, 0.15) is 75.3 Å². The van der Waals surface area contributed by atoms with E-state index >= 15 is 0 Å². The molecule has 414 valence electrons. The molecule has 77 heavy (non-hydrogen) atoms. The number of rotatable bonds is 19. The number of hydrogen-bond donors (Lipinski definition) is 6. The number of anilines is 1. The number of hydrazine groups is 1. The Labute approximate surface area is 440 Å². The van der Waals surface area contributed by atoms with Crippen LogP contribution in [0.5, 0.6) is 0 Å². The molecule has 2 bridgehead atoms. The lowest BCUT2D eigenvalue weighted by molar-refractivity contribution is -0.221. The summed E-state index contributed by atoms with van der Waals surface area (Å²) in [5, 5.41) is 33.3. The number of nitrogens with one attached hydrogen (secondary N) is 4. The Hall–Kier alpha value is -7.01. The van der Waals surface area contributed by atoms with Crippen LogP contribution < -0.4 is 26.3 Å². The van der Waals surface area contributed by atoms with Crippen molar-refractivity contribution in [3.8, 4) is 23.1 Å². The number of alkyl carbamates (subject to hydrolysis) is 1. The van der Waals surface area contributed by atoms with E-state index in [0.29, 0.717) is 91.3 Å². The third-order valence-corrected chi connectivity index (χ3v) is 14.8. The van der Waals surface area contributed by atoms with E-state index in [1.54, 1.807) is 66.2 Å². The van der Waals surface area contributed by atoms with Gasteiger partial charge in [0.15, 0.2) is 0 Å². The molecule has 4 aromatic rings. The molecular formula is C52H61F6N11O8. The minimum absolute atomic E-state index is 0.299. The standard InChI is InChI=1S/C52H61F6N11O8/c1-49(2,51(53,54)55)42(63-48(75)76-5)44(71)61-40(20-31-9-6-30(7-10-31)8-11-33-22-59-46(60-23-33)68-26-36-21-37(68)25-67(36)38-28-77-29-38)41(70)27-66(65-45(72)43(62-47(73)74)50(3,4)52(56,57)58)24-32-12-14-34(15-13-32)39-18-19-69(64-39)35-16-17-35/h6-7,9-10,12-15,18-19,22-23,35-38,40-43,62,70H,16-17,20-21,24-29H2,1-5H3,(H,61,71)(H,63,75)(H,65,72)(H,73,74)/t36-,37-,40+,41+,42-,43-/m1/s1. The number of alkyl halides is 6. The lowest BCUT2D eigenvalue weighted by atomic mass is 9.82. The van der Waals surface area contributed by atoms with Crippen LogP contribution in [-0.4, -0.2) is 159 Å². The summed E-state index contributed by atoms with van der Waals surface area (Å²) < 4.78 is 98.7. The van der Waals surface area contributed by atoms with Crippen LogP contribution in [0.15, 0.2) is 73.2 Å². The van der Waals surface area contributed by atoms with Gasteiger partial charge >= 0.3 is 24.5 Å². The molecule has 19 nitrogen and oxygen atoms in total. The van der Waals surface area contributed by atoms with E-state index in [2.05, 4.69) is 52.2 Å². The predicted molar refractivity (Wildman–Crippen MR) is 265 cm³/mol. The van der Waals surface area contributed by atoms with Gasteiger partial charge in [-0.2, -0.15) is 31.4 Å². The number of piperazine rings is 1. The number of aliphatic hydroxyl groups excluding tert-OH is 1. The lowest BCUT2D eigenvalue weighted by Gasteiger charge is -2.42. The van der Waals surface area contributed by atoms with Crippen molar-refractivity contribution < 1.29 is 65.2 Å². The Morgan fingerprint density at radius 2 is 1.39 bits per heavy atom. The maximum Gasteiger partial charge on any atom is 0.407 e. The third kappa shape index (κ3) is 13.1. The summed E-state index contributed by atoms with van der Waals surface area (Å²) in [6.07, 6.45) is -7.48. The molecule has 4 amide bonds. The number of hydrogen-bond acceptors (Lipinski definition) is 13. The number of carbonyl (C=O) groups is 4. The first kappa shape index (κ1) is 56.2. The van der Waals surface area contributed by atoms with Gasteiger partial charge in [-0.05, 0) is 82.7 Å². The Morgan fingerprint density at radius 3 is 1.94 bits per heavy atom. The molecular weight excluding hydrogens is 1020 g/mol. The minimum Gasteiger partial charge on any atom is -0.465 e. The van der Waals surface area contributed by atoms with Gasteiger partial charge in [0.25, 0.3) is 5.91 Å². The summed E-state index contributed by atoms with van der Waals surface area (Å²) in [7, 11) is 0.887. The number of halogens is 6. The van der Waals surface area contributed by atoms with E-state index in [9.17, 15) is 55.7 Å². The number of aliphatic hydroxyl groups is 1. The van der Waals surface area contributed by atoms with Crippen molar-refractivity contribution in [3.63, 3.8) is 0 Å². The average molecular weight is 1080 g/mol. The first-order valence-electron chi connectivity index (χ1n) is 25.0. The number of aromatic nitrogens is 4. The van der Waals surface area contributed by atoms with Crippen molar-refractivity contribution in [2.45, 2.75) is 121 Å². The summed E-state index contributed by atoms with van der Waals surface area (Å²) in [6.45, 7) is 4.83. The van der Waals surface area contributed by atoms with E-state index < -0.39 is 78.0 Å². The third-order valence-electron chi connectivity index (χ3n) is 14.8. The monoisotopic (exact) mass is 1080 g/mol. The van der Waals surface area contributed by atoms with Crippen LogP contribution in [0.2, 0.25) is 0 Å². The van der Waals surface area contributed by atoms with Crippen molar-refractivity contribution in [3.05, 3.63) is 95.4 Å². The van der Waals surface area contributed by atoms with Gasteiger partial charge in [0.05, 0.1) is 66.6 Å². The predicted octanol–water partition coefficient (Wildman–Crippen LogP) is 5.20. The van der Waals surface area contributed by atoms with Crippen molar-refractivity contribution in [2.24, 2.45) is 10.8 Å². The number of nitrogens with zero attached hydrogens (tertiary/aromatic N) is 7. The number of benzene rings is 2. The van der Waals surface area contributed by atoms with Crippen molar-refractivity contribution in [2.75, 3.05) is 44.9 Å². The summed E-state index contributed by atoms with van der Waals surface area (Å²) in [5.41, 5.74) is -0.321. The molecule has 3 saturated heterocycles. The Balaban J connectivity index is 1.04. The van der Waals surface area contributed by atoms with Gasteiger partial charge < -0.3 is 40.5 Å². The molecule has 4 fully saturated rings. The SMILES string of the molecule is COC(=O)N[C@H](C(=O)N[C@@H](Cc1ccc(C#Cc2cnc(N3C[C@H]4C[C@@H]3CN4C3COC3)nc2)cc1)[C@@H](O)CN(Cc1ccc(-c2ccn(C3CC3)n2)cc1)NC(=O)[C@@H](NC(=O)O)C(C)(C)C(F)(F)F)C(C)(C)C(F)(F)F. The van der Waals surface area contributed by atoms with Gasteiger partial charge in [0.2, 0.25) is 11.9 Å². The molecule has 25 heteroatoms. The summed E-state index contributed by atoms with van der Waals surface area (Å²) in [6, 6.07) is 10.2. The molecule has 8 rings (SSSR count). The van der Waals surface area contributed by atoms with E-state index in [0.717, 1.165) is 57.7 Å². The number of methoxy groups -OCH3 is 1. The highest BCUT2D eigenvalue weighted by molar-refractivity contribution is 5.87. The fraction of sp³-hybridized carbons (Fsp3) is 0.519. The second-order valence-electron chi connectivity index (χ2n) is 21.0. The zero-order valence-electron chi connectivity index (χ0n) is 42.9. The van der Waals surface area contributed by atoms with Gasteiger partial charge in [0.1, 0.15) is 12.1 Å². The smallest absolute Gasteiger partial charge is 0.407 e. The summed E-state index contributed by atoms with van der Waals surface area (Å²) >= 11 is 0. The largest absolute Gasteiger partial charge is 0.465 e. The van der Waals surface area contributed by atoms with Crippen LogP contribution in [0.25, 0.3) is 11.3 Å². The zero-order valence-corrected chi connectivity index (χ0v) is 42.9. The molecule has 0 unspecified atom stereocenters. The highest BCUT2D eigenvalue weighted by atomic mass is 19.4. The van der Waals surface area contributed by atoms with Gasteiger partial charge in [-0.25, -0.2) is 24.6 Å². The van der Waals surface area contributed by atoms with Gasteiger partial charge in [-0.15, -0.1) is 0 Å². The highest BCUT2D eigenvalue weighted by Gasteiger charge is 2.57. The number of ether oxygens (including phenoxy) is 2. The second-order valence-corrected chi connectivity index (χ2v) is 21.0. The molecule has 6 atom stereocenters. The average Bonchev–Trinajstić information content (AvgIpc) is 3.74. The summed E-state index contributed by atoms with van der Waals surface area (Å²) in [4.78, 5) is 66.1. The molecule has 5 heterocycles. The van der Waals surface area contributed by atoms with Crippen LogP contribution in [-0.2, 0) is 32.0 Å². The molecule has 1 aliphatic carbocycles. The number of carbonyl (C=O) groups excluding carboxylic acids is 3. The van der Waals surface area contributed by atoms with Crippen molar-refractivity contribution >= 4 is 29.9 Å². The highest BCUT2D eigenvalue weighted by Crippen LogP contribution is 2.42. The topological polar surface area (TPSA) is 229 Å². The van der Waals surface area contributed by atoms with Gasteiger partial charge in [0, 0.05) is 68.0 Å². The molecule has 4 aliphatic rings. The van der Waals surface area contributed by atoms with E-state index in [1.807, 2.05) is 22.3 Å². The fourth-order valence-corrected chi connectivity index (χ4v) is 9.54. The van der Waals surface area contributed by atoms with Crippen LogP contribution in [0, 0.1) is 22.7 Å². The normalized spacial score (nSPS) is 19.6. The first-order valence-corrected chi connectivity index (χ1v) is 25.0. The van der Waals surface area contributed by atoms with Crippen molar-refractivity contribution in [1.82, 2.24) is 51.0 Å². The fourth-order valence-electron chi connectivity index (χ4n) is 9.54. The van der Waals surface area contributed by atoms with Gasteiger partial charge in [-0.1, -0.05) is 48.2 Å². The number of carboxylic acid groups (broad SMARTS) is 1. The molecule has 2 aromatic heterocycles. The minimum atomic E-state index is -5.11. The molecule has 2 aromatic carbocycles. The number of amides is 4. The Morgan fingerprint density at radius 1 is 0.779 bits per heavy atom. The first-order chi connectivity index (χ1) is 36.3. The maximum atomic E-state index is 14.6. The molecule has 3 aliphatic heterocycles. The Bertz CT molecular complexity index is 2810. The molecule has 0 spiro atoms. The van der Waals surface area contributed by atoms with E-state index in [1.165, 1.54) is 0 Å². The van der Waals surface area contributed by atoms with E-state index in [4.69, 9.17) is 4.74 Å². The summed E-state index contributed by atoms with van der Waals surface area (Å²) in [5.74, 6) is 3.82. The maximum absolute atomic E-state index is 14.6. The number of likely N-dealkylation sites (tertiary alicyclic amines) is 1. The number of fused-ring (bicyclic) bond motifs is 2. The van der Waals surface area contributed by atoms with Gasteiger partial charge in [-0.3, -0.25) is 24.6 Å². The van der Waals surface area contributed by atoms with E-state index in [-0.39, 0.29) is 13.0 Å². The molecule has 6 N–H and O–H groups in total. The molecule has 1 saturated carbocycles. The van der Waals surface area contributed by atoms with Crippen LogP contribution >= 0.6 is 0 Å². The Kier molecular flexibility index (Phi) is 16.4.